The van der Waals surface area contributed by atoms with E-state index in [4.69, 9.17) is 0 Å². The average Bonchev–Trinajstić information content (AvgIpc) is 2.99. The van der Waals surface area contributed by atoms with E-state index >= 15 is 0 Å². The van der Waals surface area contributed by atoms with Crippen LogP contribution >= 0.6 is 0 Å². The van der Waals surface area contributed by atoms with Gasteiger partial charge in [-0.15, -0.1) is 0 Å². The van der Waals surface area contributed by atoms with Gasteiger partial charge in [-0.25, -0.2) is 8.42 Å². The van der Waals surface area contributed by atoms with Crippen LogP contribution in [-0.4, -0.2) is 21.2 Å². The Balaban J connectivity index is 1.56. The van der Waals surface area contributed by atoms with Gasteiger partial charge in [0.2, 0.25) is 0 Å². The second-order valence-electron chi connectivity index (χ2n) is 6.54. The highest BCUT2D eigenvalue weighted by atomic mass is 32.2. The number of nitrogens with one attached hydrogen (secondary N) is 1. The molecule has 1 fully saturated rings. The molecule has 1 aromatic carbocycles. The van der Waals surface area contributed by atoms with Gasteiger partial charge in [0.15, 0.2) is 9.84 Å². The number of hydrogen-bond acceptors (Lipinski definition) is 3. The van der Waals surface area contributed by atoms with Gasteiger partial charge in [0.1, 0.15) is 0 Å². The fraction of sp³-hybridized carbons (Fsp3) is 0.529. The number of allylic oxidation sites excluding steroid dienone is 2. The molecular weight excluding hydrogens is 282 g/mol. The quantitative estimate of drug-likeness (QED) is 0.851. The SMILES string of the molecule is Cc1cc(CNCC2CC3C=CC2C3)ccc1S(C)(=O)=O. The summed E-state index contributed by atoms with van der Waals surface area (Å²) in [6, 6.07) is 5.61. The molecule has 1 saturated carbocycles. The molecule has 3 unspecified atom stereocenters. The topological polar surface area (TPSA) is 46.2 Å². The zero-order chi connectivity index (χ0) is 15.0. The molecule has 2 aliphatic carbocycles. The van der Waals surface area contributed by atoms with E-state index in [-0.39, 0.29) is 0 Å². The second-order valence-corrected chi connectivity index (χ2v) is 8.53. The third kappa shape index (κ3) is 3.22. The van der Waals surface area contributed by atoms with E-state index < -0.39 is 9.84 Å². The maximum atomic E-state index is 11.6. The van der Waals surface area contributed by atoms with Crippen LogP contribution in [0.4, 0.5) is 0 Å². The summed E-state index contributed by atoms with van der Waals surface area (Å²) < 4.78 is 23.2. The molecule has 3 atom stereocenters. The fourth-order valence-electron chi connectivity index (χ4n) is 3.77. The highest BCUT2D eigenvalue weighted by molar-refractivity contribution is 7.90. The lowest BCUT2D eigenvalue weighted by Crippen LogP contribution is -2.25. The predicted molar refractivity (Wildman–Crippen MR) is 84.8 cm³/mol. The molecule has 114 valence electrons. The molecule has 2 bridgehead atoms. The van der Waals surface area contributed by atoms with E-state index in [2.05, 4.69) is 17.5 Å². The van der Waals surface area contributed by atoms with E-state index in [1.165, 1.54) is 19.1 Å². The van der Waals surface area contributed by atoms with Crippen molar-refractivity contribution >= 4 is 9.84 Å². The van der Waals surface area contributed by atoms with Crippen LogP contribution in [0.2, 0.25) is 0 Å². The predicted octanol–water partition coefficient (Wildman–Crippen LogP) is 2.70. The highest BCUT2D eigenvalue weighted by Gasteiger charge is 2.34. The van der Waals surface area contributed by atoms with Crippen molar-refractivity contribution in [3.05, 3.63) is 41.5 Å². The van der Waals surface area contributed by atoms with E-state index in [9.17, 15) is 8.42 Å². The standard InChI is InChI=1S/C17H23NO2S/c1-12-7-14(4-6-17(12)21(2,19)20)10-18-11-16-9-13-3-5-15(16)8-13/h3-7,13,15-16,18H,8-11H2,1-2H3. The average molecular weight is 305 g/mol. The Morgan fingerprint density at radius 3 is 2.62 bits per heavy atom. The Hall–Kier alpha value is -1.13. The smallest absolute Gasteiger partial charge is 0.175 e. The van der Waals surface area contributed by atoms with Crippen molar-refractivity contribution in [2.24, 2.45) is 17.8 Å². The molecule has 0 amide bonds. The molecule has 0 radical (unpaired) electrons. The van der Waals surface area contributed by atoms with Gasteiger partial charge in [0.05, 0.1) is 4.90 Å². The van der Waals surface area contributed by atoms with Crippen molar-refractivity contribution in [1.82, 2.24) is 5.32 Å². The third-order valence-electron chi connectivity index (χ3n) is 4.79. The Bertz CT molecular complexity index is 663. The number of rotatable bonds is 5. The summed E-state index contributed by atoms with van der Waals surface area (Å²) in [5, 5.41) is 3.53. The van der Waals surface area contributed by atoms with Crippen LogP contribution < -0.4 is 5.32 Å². The maximum Gasteiger partial charge on any atom is 0.175 e. The molecular formula is C17H23NO2S. The Labute approximate surface area is 127 Å². The van der Waals surface area contributed by atoms with Gasteiger partial charge in [-0.05, 0) is 61.3 Å². The number of fused-ring (bicyclic) bond motifs is 2. The van der Waals surface area contributed by atoms with E-state index in [0.717, 1.165) is 42.0 Å². The van der Waals surface area contributed by atoms with Gasteiger partial charge >= 0.3 is 0 Å². The summed E-state index contributed by atoms with van der Waals surface area (Å²) >= 11 is 0. The zero-order valence-corrected chi connectivity index (χ0v) is 13.5. The van der Waals surface area contributed by atoms with Crippen LogP contribution in [0, 0.1) is 24.7 Å². The van der Waals surface area contributed by atoms with Crippen molar-refractivity contribution in [1.29, 1.82) is 0 Å². The number of benzene rings is 1. The van der Waals surface area contributed by atoms with Gasteiger partial charge in [-0.3, -0.25) is 0 Å². The molecule has 4 heteroatoms. The summed E-state index contributed by atoms with van der Waals surface area (Å²) in [6.45, 7) is 3.72. The van der Waals surface area contributed by atoms with Crippen LogP contribution in [0.25, 0.3) is 0 Å². The van der Waals surface area contributed by atoms with Gasteiger partial charge in [0, 0.05) is 12.8 Å². The van der Waals surface area contributed by atoms with Gasteiger partial charge in [0.25, 0.3) is 0 Å². The first-order valence-corrected chi connectivity index (χ1v) is 9.51. The molecule has 0 aromatic heterocycles. The minimum Gasteiger partial charge on any atom is -0.312 e. The first-order valence-electron chi connectivity index (χ1n) is 7.62. The van der Waals surface area contributed by atoms with Crippen molar-refractivity contribution < 1.29 is 8.42 Å². The summed E-state index contributed by atoms with van der Waals surface area (Å²) in [5.41, 5.74) is 1.98. The molecule has 0 aliphatic heterocycles. The molecule has 2 aliphatic rings. The Kier molecular flexibility index (Phi) is 3.93. The van der Waals surface area contributed by atoms with Gasteiger partial charge < -0.3 is 5.32 Å². The number of hydrogen-bond donors (Lipinski definition) is 1. The Morgan fingerprint density at radius 1 is 1.24 bits per heavy atom. The summed E-state index contributed by atoms with van der Waals surface area (Å²) in [4.78, 5) is 0.435. The lowest BCUT2D eigenvalue weighted by Gasteiger charge is -2.18. The van der Waals surface area contributed by atoms with Crippen LogP contribution in [-0.2, 0) is 16.4 Å². The molecule has 3 rings (SSSR count). The maximum absolute atomic E-state index is 11.6. The summed E-state index contributed by atoms with van der Waals surface area (Å²) in [5.74, 6) is 2.37. The van der Waals surface area contributed by atoms with Crippen LogP contribution in [0.5, 0.6) is 0 Å². The highest BCUT2D eigenvalue weighted by Crippen LogP contribution is 2.42. The molecule has 0 saturated heterocycles. The van der Waals surface area contributed by atoms with Crippen molar-refractivity contribution in [2.75, 3.05) is 12.8 Å². The van der Waals surface area contributed by atoms with Crippen LogP contribution in [0.1, 0.15) is 24.0 Å². The minimum atomic E-state index is -3.12. The van der Waals surface area contributed by atoms with Gasteiger partial charge in [-0.1, -0.05) is 24.3 Å². The normalized spacial score (nSPS) is 27.4. The molecule has 0 spiro atoms. The lowest BCUT2D eigenvalue weighted by molar-refractivity contribution is 0.414. The molecule has 3 nitrogen and oxygen atoms in total. The molecule has 1 aromatic rings. The van der Waals surface area contributed by atoms with Crippen LogP contribution in [0.3, 0.4) is 0 Å². The van der Waals surface area contributed by atoms with E-state index in [1.807, 2.05) is 19.1 Å². The lowest BCUT2D eigenvalue weighted by atomic mass is 9.93. The molecule has 21 heavy (non-hydrogen) atoms. The third-order valence-corrected chi connectivity index (χ3v) is 6.05. The first kappa shape index (κ1) is 14.8. The van der Waals surface area contributed by atoms with Crippen LogP contribution in [0.15, 0.2) is 35.2 Å². The van der Waals surface area contributed by atoms with Crippen molar-refractivity contribution in [3.8, 4) is 0 Å². The largest absolute Gasteiger partial charge is 0.312 e. The molecule has 1 N–H and O–H groups in total. The first-order chi connectivity index (χ1) is 9.93. The summed E-state index contributed by atoms with van der Waals surface area (Å²) in [6.07, 6.45) is 8.67. The second kappa shape index (κ2) is 5.58. The van der Waals surface area contributed by atoms with Crippen molar-refractivity contribution in [3.63, 3.8) is 0 Å². The monoisotopic (exact) mass is 305 g/mol. The Morgan fingerprint density at radius 2 is 2.05 bits per heavy atom. The van der Waals surface area contributed by atoms with Crippen molar-refractivity contribution in [2.45, 2.75) is 31.2 Å². The number of aryl methyl sites for hydroxylation is 1. The minimum absolute atomic E-state index is 0.435. The van der Waals surface area contributed by atoms with E-state index in [1.54, 1.807) is 6.07 Å². The van der Waals surface area contributed by atoms with E-state index in [0.29, 0.717) is 4.90 Å². The van der Waals surface area contributed by atoms with Gasteiger partial charge in [-0.2, -0.15) is 0 Å². The fourth-order valence-corrected chi connectivity index (χ4v) is 4.73. The number of sulfone groups is 1. The zero-order valence-electron chi connectivity index (χ0n) is 12.7. The molecule has 0 heterocycles. The summed E-state index contributed by atoms with van der Waals surface area (Å²) in [7, 11) is -3.12.